The van der Waals surface area contributed by atoms with Crippen LogP contribution in [0.1, 0.15) is 81.4 Å². The van der Waals surface area contributed by atoms with Crippen molar-refractivity contribution in [3.63, 3.8) is 0 Å². The van der Waals surface area contributed by atoms with E-state index < -0.39 is 0 Å². The van der Waals surface area contributed by atoms with Crippen molar-refractivity contribution in [1.82, 2.24) is 0 Å². The number of aliphatic imine (C=N–C) groups is 1. The van der Waals surface area contributed by atoms with E-state index in [2.05, 4.69) is 98.1 Å². The number of anilines is 1. The third-order valence-electron chi connectivity index (χ3n) is 8.52. The van der Waals surface area contributed by atoms with Crippen molar-refractivity contribution in [2.45, 2.75) is 76.7 Å². The van der Waals surface area contributed by atoms with Crippen LogP contribution in [0.4, 0.5) is 11.4 Å². The maximum Gasteiger partial charge on any atom is 0.0629 e. The van der Waals surface area contributed by atoms with Crippen LogP contribution in [0.15, 0.2) is 108 Å². The molecule has 0 saturated heterocycles. The summed E-state index contributed by atoms with van der Waals surface area (Å²) in [5.41, 5.74) is 7.95. The van der Waals surface area contributed by atoms with Crippen molar-refractivity contribution < 1.29 is 0 Å². The first-order valence-electron chi connectivity index (χ1n) is 14.6. The molecule has 2 aliphatic rings. The molecule has 0 amide bonds. The number of hydrogen-bond donors (Lipinski definition) is 1. The van der Waals surface area contributed by atoms with Gasteiger partial charge in [0, 0.05) is 24.4 Å². The predicted molar refractivity (Wildman–Crippen MR) is 164 cm³/mol. The van der Waals surface area contributed by atoms with E-state index in [1.807, 2.05) is 24.4 Å². The summed E-state index contributed by atoms with van der Waals surface area (Å²) in [6.07, 6.45) is 18.5. The lowest BCUT2D eigenvalue weighted by Crippen LogP contribution is -2.29. The lowest BCUT2D eigenvalue weighted by Gasteiger charge is -2.34. The van der Waals surface area contributed by atoms with Gasteiger partial charge in [-0.2, -0.15) is 0 Å². The molecule has 3 atom stereocenters. The van der Waals surface area contributed by atoms with Gasteiger partial charge >= 0.3 is 0 Å². The molecule has 0 aromatic heterocycles. The van der Waals surface area contributed by atoms with Gasteiger partial charge in [0.1, 0.15) is 0 Å². The van der Waals surface area contributed by atoms with Gasteiger partial charge in [-0.3, -0.25) is 4.99 Å². The molecule has 2 heteroatoms. The van der Waals surface area contributed by atoms with Crippen molar-refractivity contribution >= 4 is 17.6 Å². The Hall–Kier alpha value is -3.39. The van der Waals surface area contributed by atoms with E-state index in [1.165, 1.54) is 67.3 Å². The van der Waals surface area contributed by atoms with Crippen LogP contribution in [0.5, 0.6) is 0 Å². The summed E-state index contributed by atoms with van der Waals surface area (Å²) in [5.74, 6) is 0.910. The molecule has 0 saturated carbocycles. The summed E-state index contributed by atoms with van der Waals surface area (Å²) in [5, 5.41) is 3.61. The fourth-order valence-electron chi connectivity index (χ4n) is 6.34. The first kappa shape index (κ1) is 26.2. The molecule has 3 aromatic rings. The number of para-hydroxylation sites is 2. The Bertz CT molecular complexity index is 1270. The minimum atomic E-state index is 0.129. The highest BCUT2D eigenvalue weighted by molar-refractivity contribution is 5.85. The number of benzene rings is 3. The average molecular weight is 503 g/mol. The lowest BCUT2D eigenvalue weighted by atomic mass is 9.69. The molecule has 3 unspecified atom stereocenters. The monoisotopic (exact) mass is 502 g/mol. The van der Waals surface area contributed by atoms with Crippen LogP contribution in [-0.4, -0.2) is 6.21 Å². The Balaban J connectivity index is 1.39. The Morgan fingerprint density at radius 1 is 0.868 bits per heavy atom. The number of fused-ring (bicyclic) bond motifs is 3. The lowest BCUT2D eigenvalue weighted by molar-refractivity contribution is 0.321. The number of rotatable bonds is 12. The second-order valence-corrected chi connectivity index (χ2v) is 11.2. The fourth-order valence-corrected chi connectivity index (χ4v) is 6.34. The van der Waals surface area contributed by atoms with Crippen molar-refractivity contribution in [3.8, 4) is 0 Å². The molecule has 2 nitrogen and oxygen atoms in total. The Labute approximate surface area is 229 Å². The van der Waals surface area contributed by atoms with Gasteiger partial charge in [0.15, 0.2) is 0 Å². The summed E-state index contributed by atoms with van der Waals surface area (Å²) in [7, 11) is 0. The molecule has 0 spiro atoms. The summed E-state index contributed by atoms with van der Waals surface area (Å²) in [4.78, 5) is 4.76. The zero-order valence-corrected chi connectivity index (χ0v) is 23.1. The quantitative estimate of drug-likeness (QED) is 0.193. The van der Waals surface area contributed by atoms with Crippen LogP contribution in [0.3, 0.4) is 0 Å². The molecule has 5 rings (SSSR count). The SMILES string of the molecule is CCCCCCCCC1(C)c2cc(CNc3ccccc3)ccc2C2C=CC(C=Nc3ccccc3)=CC21. The van der Waals surface area contributed by atoms with E-state index in [4.69, 9.17) is 4.99 Å². The highest BCUT2D eigenvalue weighted by Gasteiger charge is 2.47. The van der Waals surface area contributed by atoms with Crippen LogP contribution in [-0.2, 0) is 12.0 Å². The van der Waals surface area contributed by atoms with E-state index >= 15 is 0 Å². The topological polar surface area (TPSA) is 24.4 Å². The van der Waals surface area contributed by atoms with Crippen molar-refractivity contribution in [2.24, 2.45) is 10.9 Å². The third kappa shape index (κ3) is 6.01. The standard InChI is InChI=1S/C36H42N2/c1-3-4-5-6-7-14-23-36(2)34-24-28(26-37-30-15-10-8-11-16-30)19-21-32(34)33-22-20-29(25-35(33)36)27-38-31-17-12-9-13-18-31/h8-13,15-22,24-26,32,34,38H,3-7,14,23,27H2,1-2H3. The fraction of sp³-hybridized carbons (Fsp3) is 0.361. The van der Waals surface area contributed by atoms with Gasteiger partial charge in [0.2, 0.25) is 0 Å². The molecule has 3 aromatic carbocycles. The van der Waals surface area contributed by atoms with Crippen molar-refractivity contribution in [1.29, 1.82) is 0 Å². The summed E-state index contributed by atoms with van der Waals surface area (Å²) in [6.45, 7) is 5.67. The van der Waals surface area contributed by atoms with Crippen LogP contribution >= 0.6 is 0 Å². The first-order valence-corrected chi connectivity index (χ1v) is 14.6. The van der Waals surface area contributed by atoms with Crippen molar-refractivity contribution in [2.75, 3.05) is 5.32 Å². The van der Waals surface area contributed by atoms with Gasteiger partial charge in [-0.15, -0.1) is 0 Å². The number of allylic oxidation sites excluding steroid dienone is 4. The first-order chi connectivity index (χ1) is 18.7. The second kappa shape index (κ2) is 12.4. The number of nitrogens with zero attached hydrogens (tertiary/aromatic N) is 1. The maximum atomic E-state index is 4.76. The zero-order valence-electron chi connectivity index (χ0n) is 23.1. The average Bonchev–Trinajstić information content (AvgIpc) is 3.21. The Morgan fingerprint density at radius 3 is 2.39 bits per heavy atom. The minimum absolute atomic E-state index is 0.129. The highest BCUT2D eigenvalue weighted by Crippen LogP contribution is 2.56. The summed E-state index contributed by atoms with van der Waals surface area (Å²) in [6, 6.07) is 28.0. The predicted octanol–water partition coefficient (Wildman–Crippen LogP) is 9.92. The molecule has 0 aliphatic heterocycles. The Kier molecular flexibility index (Phi) is 8.58. The number of hydrogen-bond acceptors (Lipinski definition) is 2. The largest absolute Gasteiger partial charge is 0.381 e. The minimum Gasteiger partial charge on any atom is -0.381 e. The van der Waals surface area contributed by atoms with Crippen LogP contribution in [0.2, 0.25) is 0 Å². The molecule has 0 fully saturated rings. The van der Waals surface area contributed by atoms with Gasteiger partial charge < -0.3 is 5.32 Å². The van der Waals surface area contributed by atoms with Crippen LogP contribution in [0.25, 0.3) is 0 Å². The number of nitrogens with one attached hydrogen (secondary N) is 1. The van der Waals surface area contributed by atoms with Gasteiger partial charge in [0.05, 0.1) is 5.69 Å². The molecule has 38 heavy (non-hydrogen) atoms. The number of unbranched alkanes of at least 4 members (excludes halogenated alkanes) is 5. The summed E-state index contributed by atoms with van der Waals surface area (Å²) < 4.78 is 0. The maximum absolute atomic E-state index is 4.76. The summed E-state index contributed by atoms with van der Waals surface area (Å²) >= 11 is 0. The van der Waals surface area contributed by atoms with Crippen LogP contribution in [0, 0.1) is 5.92 Å². The van der Waals surface area contributed by atoms with Crippen molar-refractivity contribution in [3.05, 3.63) is 119 Å². The molecular formula is C36H42N2. The normalized spacial score (nSPS) is 21.8. The second-order valence-electron chi connectivity index (χ2n) is 11.2. The van der Waals surface area contributed by atoms with E-state index in [0.717, 1.165) is 12.2 Å². The van der Waals surface area contributed by atoms with E-state index in [9.17, 15) is 0 Å². The van der Waals surface area contributed by atoms with Gasteiger partial charge in [0.25, 0.3) is 0 Å². The van der Waals surface area contributed by atoms with Gasteiger partial charge in [-0.1, -0.05) is 125 Å². The smallest absolute Gasteiger partial charge is 0.0629 e. The van der Waals surface area contributed by atoms with E-state index in [1.54, 1.807) is 5.56 Å². The molecule has 196 valence electrons. The molecule has 1 N–H and O–H groups in total. The van der Waals surface area contributed by atoms with Crippen LogP contribution < -0.4 is 5.32 Å². The van der Waals surface area contributed by atoms with E-state index in [-0.39, 0.29) is 5.41 Å². The highest BCUT2D eigenvalue weighted by atomic mass is 14.9. The third-order valence-corrected chi connectivity index (χ3v) is 8.52. The molecule has 0 bridgehead atoms. The molecule has 2 aliphatic carbocycles. The molecule has 0 radical (unpaired) electrons. The van der Waals surface area contributed by atoms with E-state index in [0.29, 0.717) is 11.8 Å². The molecule has 0 heterocycles. The van der Waals surface area contributed by atoms with Gasteiger partial charge in [-0.25, -0.2) is 0 Å². The molecular weight excluding hydrogens is 460 g/mol. The zero-order chi connectivity index (χ0) is 26.2. The van der Waals surface area contributed by atoms with Gasteiger partial charge in [-0.05, 0) is 64.3 Å². The Morgan fingerprint density at radius 2 is 1.61 bits per heavy atom.